The Morgan fingerprint density at radius 3 is 2.04 bits per heavy atom. The van der Waals surface area contributed by atoms with Crippen LogP contribution in [0.2, 0.25) is 0 Å². The van der Waals surface area contributed by atoms with Crippen molar-refractivity contribution in [1.29, 1.82) is 0 Å². The van der Waals surface area contributed by atoms with E-state index < -0.39 is 64.1 Å². The van der Waals surface area contributed by atoms with Crippen LogP contribution < -0.4 is 5.73 Å². The molecule has 0 aliphatic heterocycles. The molecule has 272 valence electrons. The molecule has 17 heteroatoms. The topological polar surface area (TPSA) is 135 Å². The molecule has 0 amide bonds. The lowest BCUT2D eigenvalue weighted by Gasteiger charge is -2.32. The molecule has 0 aliphatic rings. The van der Waals surface area contributed by atoms with E-state index in [0.717, 1.165) is 51.4 Å². The van der Waals surface area contributed by atoms with Gasteiger partial charge in [0.25, 0.3) is 0 Å². The normalized spacial score (nSPS) is 14.4. The van der Waals surface area contributed by atoms with Crippen LogP contribution in [0.1, 0.15) is 71.1 Å². The summed E-state index contributed by atoms with van der Waals surface area (Å²) >= 11 is 0. The van der Waals surface area contributed by atoms with Gasteiger partial charge in [-0.3, -0.25) is 4.57 Å². The monoisotopic (exact) mass is 727 g/mol. The second kappa shape index (κ2) is 19.1. The van der Waals surface area contributed by atoms with Gasteiger partial charge in [0.2, 0.25) is 5.82 Å². The number of nitrogens with two attached hydrogens (primary N) is 1. The lowest BCUT2D eigenvalue weighted by Crippen LogP contribution is -2.17. The van der Waals surface area contributed by atoms with E-state index in [9.17, 15) is 31.4 Å². The van der Waals surface area contributed by atoms with Gasteiger partial charge >= 0.3 is 7.60 Å². The Balaban J connectivity index is 1.14. The lowest BCUT2D eigenvalue weighted by molar-refractivity contribution is 0.0688. The van der Waals surface area contributed by atoms with Crippen LogP contribution in [0, 0.1) is 29.1 Å². The van der Waals surface area contributed by atoms with Gasteiger partial charge in [0, 0.05) is 13.2 Å². The fourth-order valence-electron chi connectivity index (χ4n) is 5.17. The largest absolute Gasteiger partial charge is 0.382 e. The zero-order valence-corrected chi connectivity index (χ0v) is 29.4. The molecular formula is C31H47F5N5O5PS. The Labute approximate surface area is 279 Å². The van der Waals surface area contributed by atoms with E-state index in [1.165, 1.54) is 6.33 Å². The Kier molecular flexibility index (Phi) is 16.0. The van der Waals surface area contributed by atoms with Crippen molar-refractivity contribution < 1.29 is 45.4 Å². The molecule has 3 N–H and O–H groups in total. The van der Waals surface area contributed by atoms with Gasteiger partial charge in [0.05, 0.1) is 30.5 Å². The maximum absolute atomic E-state index is 14.2. The summed E-state index contributed by atoms with van der Waals surface area (Å²) in [5.74, 6) is -8.65. The van der Waals surface area contributed by atoms with Crippen molar-refractivity contribution in [1.82, 2.24) is 19.5 Å². The first-order chi connectivity index (χ1) is 22.7. The van der Waals surface area contributed by atoms with E-state index in [1.54, 1.807) is 30.3 Å². The maximum Gasteiger partial charge on any atom is 0.353 e. The third kappa shape index (κ3) is 11.9. The van der Waals surface area contributed by atoms with Gasteiger partial charge in [-0.15, -0.1) is 0 Å². The molecular weight excluding hydrogens is 680 g/mol. The molecule has 0 saturated heterocycles. The molecule has 3 aromatic rings. The molecule has 1 aromatic carbocycles. The van der Waals surface area contributed by atoms with Gasteiger partial charge in [-0.05, 0) is 44.5 Å². The Morgan fingerprint density at radius 1 is 0.833 bits per heavy atom. The summed E-state index contributed by atoms with van der Waals surface area (Å²) in [6, 6.07) is 0. The molecule has 1 unspecified atom stereocenters. The number of benzene rings is 1. The van der Waals surface area contributed by atoms with Crippen LogP contribution in [-0.2, 0) is 25.1 Å². The van der Waals surface area contributed by atoms with E-state index in [1.807, 2.05) is 0 Å². The molecule has 0 saturated carbocycles. The van der Waals surface area contributed by atoms with Crippen molar-refractivity contribution >= 4 is 34.6 Å². The minimum absolute atomic E-state index is 0.0732. The van der Waals surface area contributed by atoms with Gasteiger partial charge in [0.1, 0.15) is 18.2 Å². The molecule has 2 aromatic heterocycles. The maximum atomic E-state index is 14.2. The van der Waals surface area contributed by atoms with Gasteiger partial charge in [-0.1, -0.05) is 44.9 Å². The summed E-state index contributed by atoms with van der Waals surface area (Å²) in [6.07, 6.45) is 14.3. The van der Waals surface area contributed by atoms with Crippen LogP contribution in [0.3, 0.4) is 0 Å². The van der Waals surface area contributed by atoms with Crippen molar-refractivity contribution in [3.8, 4) is 0 Å². The second-order valence-corrected chi connectivity index (χ2v) is 17.9. The third-order valence-corrected chi connectivity index (χ3v) is 11.6. The predicted molar refractivity (Wildman–Crippen MR) is 177 cm³/mol. The number of halogens is 5. The highest BCUT2D eigenvalue weighted by atomic mass is 32.3. The Bertz CT molecular complexity index is 1490. The fraction of sp³-hybridized carbons (Fsp3) is 0.645. The minimum Gasteiger partial charge on any atom is -0.382 e. The van der Waals surface area contributed by atoms with Crippen molar-refractivity contribution in [3.63, 3.8) is 0 Å². The van der Waals surface area contributed by atoms with E-state index in [0.29, 0.717) is 49.5 Å². The van der Waals surface area contributed by atoms with Crippen LogP contribution in [0.25, 0.3) is 11.2 Å². The van der Waals surface area contributed by atoms with Gasteiger partial charge in [0.15, 0.2) is 34.7 Å². The molecule has 3 rings (SSSR count). The SMILES string of the molecule is C[C@H](Cn1cnc2c(N)ncnc21)OCP(=O)(O)OCCCOCCCCCCCCCCCS(C)(C)c1c(F)c(F)c(F)c(F)c1F. The number of ether oxygens (including phenoxy) is 2. The number of nitrogen functional groups attached to an aromatic ring is 1. The van der Waals surface area contributed by atoms with E-state index >= 15 is 0 Å². The number of aromatic nitrogens is 4. The van der Waals surface area contributed by atoms with E-state index in [4.69, 9.17) is 19.7 Å². The molecule has 0 spiro atoms. The predicted octanol–water partition coefficient (Wildman–Crippen LogP) is 7.71. The molecule has 2 atom stereocenters. The van der Waals surface area contributed by atoms with Gasteiger partial charge in [-0.25, -0.2) is 46.9 Å². The Morgan fingerprint density at radius 2 is 1.40 bits per heavy atom. The quantitative estimate of drug-likeness (QED) is 0.0331. The lowest BCUT2D eigenvalue weighted by atomic mass is 10.1. The number of unbranched alkanes of at least 4 members (excludes halogenated alkanes) is 8. The standard InChI is InChI=1S/C31H47F5N5O5PS/c1-22(18-41-20-40-28-30(37)38-19-39-31(28)41)45-21-47(42,43)46-16-13-15-44-14-11-9-7-5-4-6-8-10-12-17-48(2,3)29-26(35)24(33)23(32)25(34)27(29)36/h19-20,22H,4-18,21H2,1-3H3,(H,42,43)(H2,37,38,39)/t22-/m1/s1. The highest BCUT2D eigenvalue weighted by molar-refractivity contribution is 8.32. The summed E-state index contributed by atoms with van der Waals surface area (Å²) in [5.41, 5.74) is 6.83. The number of nitrogens with zero attached hydrogens (tertiary/aromatic N) is 4. The van der Waals surface area contributed by atoms with Gasteiger partial charge in [-0.2, -0.15) is 0 Å². The zero-order chi connectivity index (χ0) is 35.3. The molecule has 0 aliphatic carbocycles. The van der Waals surface area contributed by atoms with E-state index in [-0.39, 0.29) is 12.4 Å². The molecule has 0 radical (unpaired) electrons. The summed E-state index contributed by atoms with van der Waals surface area (Å²) in [7, 11) is -6.10. The molecule has 10 nitrogen and oxygen atoms in total. The third-order valence-electron chi connectivity index (χ3n) is 7.80. The van der Waals surface area contributed by atoms with Gasteiger partial charge < -0.3 is 29.2 Å². The van der Waals surface area contributed by atoms with Crippen molar-refractivity contribution in [3.05, 3.63) is 41.7 Å². The van der Waals surface area contributed by atoms with Crippen molar-refractivity contribution in [2.45, 2.75) is 88.7 Å². The highest BCUT2D eigenvalue weighted by Gasteiger charge is 2.32. The number of fused-ring (bicyclic) bond motifs is 1. The van der Waals surface area contributed by atoms with E-state index in [2.05, 4.69) is 15.0 Å². The fourth-order valence-corrected chi connectivity index (χ4v) is 8.38. The van der Waals surface area contributed by atoms with Crippen LogP contribution in [0.4, 0.5) is 27.8 Å². The number of imidazole rings is 1. The molecule has 48 heavy (non-hydrogen) atoms. The van der Waals surface area contributed by atoms with Crippen molar-refractivity contribution in [2.75, 3.05) is 50.2 Å². The first kappa shape index (κ1) is 40.1. The highest BCUT2D eigenvalue weighted by Crippen LogP contribution is 2.53. The number of anilines is 1. The summed E-state index contributed by atoms with van der Waals surface area (Å²) in [6.45, 7) is 3.20. The summed E-state index contributed by atoms with van der Waals surface area (Å²) in [5, 5.41) is 0. The number of hydrogen-bond donors (Lipinski definition) is 2. The summed E-state index contributed by atoms with van der Waals surface area (Å²) in [4.78, 5) is 21.7. The average Bonchev–Trinajstić information content (AvgIpc) is 3.45. The average molecular weight is 728 g/mol. The number of rotatable bonds is 23. The molecule has 0 fully saturated rings. The second-order valence-electron chi connectivity index (χ2n) is 12.2. The van der Waals surface area contributed by atoms with Crippen LogP contribution in [-0.4, -0.2) is 74.9 Å². The Hall–Kier alpha value is -2.36. The minimum atomic E-state index is -3.92. The molecule has 0 bridgehead atoms. The van der Waals surface area contributed by atoms with Crippen LogP contribution in [0.15, 0.2) is 17.6 Å². The summed E-state index contributed by atoms with van der Waals surface area (Å²) < 4.78 is 99.4. The first-order valence-corrected chi connectivity index (χ1v) is 20.4. The smallest absolute Gasteiger partial charge is 0.353 e. The van der Waals surface area contributed by atoms with Crippen molar-refractivity contribution in [2.24, 2.45) is 0 Å². The zero-order valence-electron chi connectivity index (χ0n) is 27.7. The first-order valence-electron chi connectivity index (χ1n) is 16.0. The van der Waals surface area contributed by atoms with Crippen LogP contribution >= 0.6 is 17.6 Å². The molecule has 2 heterocycles. The van der Waals surface area contributed by atoms with Crippen LogP contribution in [0.5, 0.6) is 0 Å². The number of hydrogen-bond acceptors (Lipinski definition) is 8.